The van der Waals surface area contributed by atoms with Gasteiger partial charge in [0, 0.05) is 0 Å². The van der Waals surface area contributed by atoms with Crippen molar-refractivity contribution in [3.63, 3.8) is 0 Å². The molecule has 1 rings (SSSR count). The molecule has 0 spiro atoms. The Morgan fingerprint density at radius 1 is 1.86 bits per heavy atom. The van der Waals surface area contributed by atoms with E-state index in [1.54, 1.807) is 6.20 Å². The van der Waals surface area contributed by atoms with Crippen molar-refractivity contribution in [2.24, 2.45) is 0 Å². The van der Waals surface area contributed by atoms with Crippen LogP contribution in [-0.4, -0.2) is 15.1 Å². The molecular formula is C3H6N4. The molecule has 38 valence electrons. The average molecular weight is 98.1 g/mol. The second-order valence-electron chi connectivity index (χ2n) is 1.31. The van der Waals surface area contributed by atoms with Gasteiger partial charge in [-0.1, -0.05) is 4.91 Å². The zero-order chi connectivity index (χ0) is 5.28. The molecule has 0 fully saturated rings. The maximum absolute atomic E-state index is 5.07. The molecule has 0 radical (unpaired) electrons. The summed E-state index contributed by atoms with van der Waals surface area (Å²) < 4.78 is 0. The molecule has 0 amide bonds. The van der Waals surface area contributed by atoms with Gasteiger partial charge in [0.15, 0.2) is 0 Å². The number of nitrogens with two attached hydrogens (primary N) is 1. The first-order valence-electron chi connectivity index (χ1n) is 1.93. The monoisotopic (exact) mass is 98.1 g/mol. The van der Waals surface area contributed by atoms with Crippen LogP contribution in [0.5, 0.6) is 0 Å². The number of hydrogen-bond acceptors (Lipinski definition) is 3. The standard InChI is InChI=1S/C3H6N4/c1-3-2-5-7(4)6-3/h2H,4H2,1H3. The predicted octanol–water partition coefficient (Wildman–Crippen LogP) is -0.700. The zero-order valence-corrected chi connectivity index (χ0v) is 4.00. The van der Waals surface area contributed by atoms with Crippen LogP contribution in [0, 0.1) is 6.92 Å². The van der Waals surface area contributed by atoms with E-state index in [2.05, 4.69) is 10.2 Å². The third-order valence-electron chi connectivity index (χ3n) is 0.623. The van der Waals surface area contributed by atoms with E-state index in [4.69, 9.17) is 5.84 Å². The summed E-state index contributed by atoms with van der Waals surface area (Å²) >= 11 is 0. The Balaban J connectivity index is 3.04. The van der Waals surface area contributed by atoms with Gasteiger partial charge < -0.3 is 5.84 Å². The Kier molecular flexibility index (Phi) is 0.714. The quantitative estimate of drug-likeness (QED) is 0.436. The summed E-state index contributed by atoms with van der Waals surface area (Å²) in [7, 11) is 0. The van der Waals surface area contributed by atoms with Gasteiger partial charge in [-0.25, -0.2) is 0 Å². The Bertz CT molecular complexity index is 139. The van der Waals surface area contributed by atoms with Crippen LogP contribution in [0.4, 0.5) is 0 Å². The SMILES string of the molecule is Cc1cnn(N)n1. The lowest BCUT2D eigenvalue weighted by atomic mass is 10.6. The van der Waals surface area contributed by atoms with Gasteiger partial charge >= 0.3 is 0 Å². The summed E-state index contributed by atoms with van der Waals surface area (Å²) in [6.45, 7) is 1.83. The minimum absolute atomic E-state index is 0.836. The highest BCUT2D eigenvalue weighted by atomic mass is 15.6. The van der Waals surface area contributed by atoms with Crippen LogP contribution in [0.25, 0.3) is 0 Å². The molecule has 0 atom stereocenters. The molecule has 7 heavy (non-hydrogen) atoms. The number of hydrogen-bond donors (Lipinski definition) is 1. The molecule has 4 heteroatoms. The lowest BCUT2D eigenvalue weighted by Crippen LogP contribution is -2.11. The van der Waals surface area contributed by atoms with Crippen LogP contribution in [-0.2, 0) is 0 Å². The fourth-order valence-electron chi connectivity index (χ4n) is 0.356. The van der Waals surface area contributed by atoms with Gasteiger partial charge in [-0.2, -0.15) is 0 Å². The average Bonchev–Trinajstić information content (AvgIpc) is 1.87. The van der Waals surface area contributed by atoms with Crippen molar-refractivity contribution in [3.8, 4) is 0 Å². The number of aromatic nitrogens is 3. The summed E-state index contributed by atoms with van der Waals surface area (Å²) in [5.41, 5.74) is 0.836. The molecule has 1 aromatic rings. The van der Waals surface area contributed by atoms with E-state index in [0.29, 0.717) is 0 Å². The molecule has 0 aliphatic rings. The maximum Gasteiger partial charge on any atom is 0.0817 e. The second kappa shape index (κ2) is 1.22. The zero-order valence-electron chi connectivity index (χ0n) is 4.00. The van der Waals surface area contributed by atoms with Crippen molar-refractivity contribution in [3.05, 3.63) is 11.9 Å². The van der Waals surface area contributed by atoms with Gasteiger partial charge in [-0.05, 0) is 6.92 Å². The maximum atomic E-state index is 5.07. The Morgan fingerprint density at radius 2 is 2.57 bits per heavy atom. The fraction of sp³-hybridized carbons (Fsp3) is 0.333. The molecule has 0 aromatic carbocycles. The first-order chi connectivity index (χ1) is 3.29. The molecule has 0 saturated heterocycles. The van der Waals surface area contributed by atoms with E-state index in [9.17, 15) is 0 Å². The lowest BCUT2D eigenvalue weighted by molar-refractivity contribution is 0.702. The van der Waals surface area contributed by atoms with Crippen molar-refractivity contribution in [1.29, 1.82) is 0 Å². The van der Waals surface area contributed by atoms with Gasteiger partial charge in [0.25, 0.3) is 0 Å². The topological polar surface area (TPSA) is 56.7 Å². The second-order valence-corrected chi connectivity index (χ2v) is 1.31. The molecule has 4 nitrogen and oxygen atoms in total. The minimum Gasteiger partial charge on any atom is -0.306 e. The molecule has 0 bridgehead atoms. The molecule has 1 heterocycles. The largest absolute Gasteiger partial charge is 0.306 e. The van der Waals surface area contributed by atoms with Crippen molar-refractivity contribution in [1.82, 2.24) is 15.1 Å². The molecule has 2 N–H and O–H groups in total. The number of aryl methyl sites for hydroxylation is 1. The van der Waals surface area contributed by atoms with Crippen LogP contribution in [0.3, 0.4) is 0 Å². The van der Waals surface area contributed by atoms with Gasteiger partial charge in [0.05, 0.1) is 11.9 Å². The van der Waals surface area contributed by atoms with Gasteiger partial charge in [-0.3, -0.25) is 0 Å². The molecule has 0 unspecified atom stereocenters. The van der Waals surface area contributed by atoms with E-state index >= 15 is 0 Å². The summed E-state index contributed by atoms with van der Waals surface area (Å²) in [5.74, 6) is 5.07. The van der Waals surface area contributed by atoms with Crippen LogP contribution in [0.15, 0.2) is 6.20 Å². The summed E-state index contributed by atoms with van der Waals surface area (Å²) in [4.78, 5) is 1.04. The highest BCUT2D eigenvalue weighted by Gasteiger charge is 1.84. The molecule has 0 saturated carbocycles. The normalized spacial score (nSPS) is 9.29. The van der Waals surface area contributed by atoms with Gasteiger partial charge in [-0.15, -0.1) is 10.2 Å². The lowest BCUT2D eigenvalue weighted by Gasteiger charge is -1.78. The Hall–Kier alpha value is -1.06. The highest BCUT2D eigenvalue weighted by molar-refractivity contribution is 4.84. The summed E-state index contributed by atoms with van der Waals surface area (Å²) in [6.07, 6.45) is 1.60. The van der Waals surface area contributed by atoms with E-state index in [1.165, 1.54) is 0 Å². The van der Waals surface area contributed by atoms with Crippen molar-refractivity contribution in [2.75, 3.05) is 5.84 Å². The Morgan fingerprint density at radius 3 is 2.71 bits per heavy atom. The van der Waals surface area contributed by atoms with Crippen LogP contribution >= 0.6 is 0 Å². The molecule has 0 aliphatic heterocycles. The van der Waals surface area contributed by atoms with E-state index in [0.717, 1.165) is 10.6 Å². The smallest absolute Gasteiger partial charge is 0.0817 e. The Labute approximate surface area is 40.9 Å². The van der Waals surface area contributed by atoms with Gasteiger partial charge in [0.2, 0.25) is 0 Å². The van der Waals surface area contributed by atoms with E-state index in [-0.39, 0.29) is 0 Å². The number of nitrogen functional groups attached to an aromatic ring is 1. The predicted molar refractivity (Wildman–Crippen MR) is 24.9 cm³/mol. The van der Waals surface area contributed by atoms with E-state index in [1.807, 2.05) is 6.92 Å². The van der Waals surface area contributed by atoms with Crippen LogP contribution in [0.1, 0.15) is 5.69 Å². The van der Waals surface area contributed by atoms with E-state index < -0.39 is 0 Å². The van der Waals surface area contributed by atoms with Crippen molar-refractivity contribution < 1.29 is 0 Å². The third kappa shape index (κ3) is 0.677. The highest BCUT2D eigenvalue weighted by Crippen LogP contribution is 1.79. The first kappa shape index (κ1) is 4.11. The minimum atomic E-state index is 0.836. The third-order valence-corrected chi connectivity index (χ3v) is 0.623. The first-order valence-corrected chi connectivity index (χ1v) is 1.93. The molecule has 1 aromatic heterocycles. The fourth-order valence-corrected chi connectivity index (χ4v) is 0.356. The van der Waals surface area contributed by atoms with Crippen LogP contribution in [0.2, 0.25) is 0 Å². The number of rotatable bonds is 0. The van der Waals surface area contributed by atoms with Crippen molar-refractivity contribution >= 4 is 0 Å². The molecule has 0 aliphatic carbocycles. The van der Waals surface area contributed by atoms with Crippen LogP contribution < -0.4 is 5.84 Å². The van der Waals surface area contributed by atoms with Crippen molar-refractivity contribution in [2.45, 2.75) is 6.92 Å². The molecular weight excluding hydrogens is 92.1 g/mol. The summed E-state index contributed by atoms with van der Waals surface area (Å²) in [5, 5.41) is 7.29. The summed E-state index contributed by atoms with van der Waals surface area (Å²) in [6, 6.07) is 0. The van der Waals surface area contributed by atoms with Gasteiger partial charge in [0.1, 0.15) is 0 Å². The number of nitrogens with zero attached hydrogens (tertiary/aromatic N) is 3.